The third-order valence-electron chi connectivity index (χ3n) is 6.69. The SMILES string of the molecule is Cc1ccccc1C(=O)N1CC=C(c2nnc(NC3CCCC3)c3cc(Cl)c(Cl)cc23)CC1. The number of carbonyl (C=O) groups excluding carboxylic acids is 1. The topological polar surface area (TPSA) is 58.1 Å². The Morgan fingerprint density at radius 3 is 2.48 bits per heavy atom. The fourth-order valence-corrected chi connectivity index (χ4v) is 5.13. The normalized spacial score (nSPS) is 16.8. The number of anilines is 1. The van der Waals surface area contributed by atoms with Crippen molar-refractivity contribution >= 4 is 51.3 Å². The van der Waals surface area contributed by atoms with Crippen LogP contribution < -0.4 is 5.32 Å². The molecule has 5 rings (SSSR count). The summed E-state index contributed by atoms with van der Waals surface area (Å²) in [5.74, 6) is 0.817. The second-order valence-corrected chi connectivity index (χ2v) is 9.69. The quantitative estimate of drug-likeness (QED) is 0.461. The van der Waals surface area contributed by atoms with Crippen molar-refractivity contribution < 1.29 is 4.79 Å². The first kappa shape index (κ1) is 22.2. The van der Waals surface area contributed by atoms with Crippen molar-refractivity contribution in [3.8, 4) is 0 Å². The molecule has 2 heterocycles. The maximum Gasteiger partial charge on any atom is 0.254 e. The Kier molecular flexibility index (Phi) is 6.26. The Labute approximate surface area is 203 Å². The highest BCUT2D eigenvalue weighted by atomic mass is 35.5. The van der Waals surface area contributed by atoms with Gasteiger partial charge < -0.3 is 10.2 Å². The number of fused-ring (bicyclic) bond motifs is 1. The average Bonchev–Trinajstić information content (AvgIpc) is 3.34. The van der Waals surface area contributed by atoms with Gasteiger partial charge in [-0.05, 0) is 55.5 Å². The summed E-state index contributed by atoms with van der Waals surface area (Å²) in [5.41, 5.74) is 3.63. The third kappa shape index (κ3) is 4.44. The molecule has 1 saturated carbocycles. The van der Waals surface area contributed by atoms with Crippen LogP contribution in [0.3, 0.4) is 0 Å². The molecule has 1 amide bonds. The van der Waals surface area contributed by atoms with Crippen molar-refractivity contribution in [3.63, 3.8) is 0 Å². The molecular weight excluding hydrogens is 455 g/mol. The Bertz CT molecular complexity index is 1250. The minimum atomic E-state index is 0.0604. The van der Waals surface area contributed by atoms with E-state index in [2.05, 4.69) is 21.6 Å². The zero-order valence-electron chi connectivity index (χ0n) is 18.6. The van der Waals surface area contributed by atoms with Gasteiger partial charge in [0.15, 0.2) is 5.82 Å². The summed E-state index contributed by atoms with van der Waals surface area (Å²) in [6.07, 6.45) is 7.54. The number of nitrogens with zero attached hydrogens (tertiary/aromatic N) is 3. The van der Waals surface area contributed by atoms with Gasteiger partial charge in [-0.1, -0.05) is 60.3 Å². The van der Waals surface area contributed by atoms with Gasteiger partial charge in [0.2, 0.25) is 0 Å². The van der Waals surface area contributed by atoms with E-state index in [1.165, 1.54) is 12.8 Å². The molecule has 2 aromatic carbocycles. The van der Waals surface area contributed by atoms with Gasteiger partial charge >= 0.3 is 0 Å². The summed E-state index contributed by atoms with van der Waals surface area (Å²) in [4.78, 5) is 14.9. The first-order valence-corrected chi connectivity index (χ1v) is 12.2. The summed E-state index contributed by atoms with van der Waals surface area (Å²) < 4.78 is 0. The Morgan fingerprint density at radius 2 is 1.79 bits per heavy atom. The van der Waals surface area contributed by atoms with Crippen molar-refractivity contribution in [3.05, 3.63) is 69.3 Å². The highest BCUT2D eigenvalue weighted by molar-refractivity contribution is 6.43. The monoisotopic (exact) mass is 480 g/mol. The zero-order valence-corrected chi connectivity index (χ0v) is 20.1. The molecule has 3 aromatic rings. The van der Waals surface area contributed by atoms with E-state index in [0.717, 1.165) is 51.8 Å². The summed E-state index contributed by atoms with van der Waals surface area (Å²) in [7, 11) is 0. The molecule has 1 aliphatic heterocycles. The molecule has 0 radical (unpaired) electrons. The minimum Gasteiger partial charge on any atom is -0.365 e. The number of halogens is 2. The van der Waals surface area contributed by atoms with Gasteiger partial charge in [-0.2, -0.15) is 0 Å². The van der Waals surface area contributed by atoms with Crippen LogP contribution >= 0.6 is 23.2 Å². The minimum absolute atomic E-state index is 0.0604. The van der Waals surface area contributed by atoms with Crippen LogP contribution in [0.1, 0.15) is 53.7 Å². The highest BCUT2D eigenvalue weighted by Crippen LogP contribution is 2.36. The second kappa shape index (κ2) is 9.32. The van der Waals surface area contributed by atoms with E-state index in [1.807, 2.05) is 48.2 Å². The van der Waals surface area contributed by atoms with Crippen molar-refractivity contribution in [2.45, 2.75) is 45.1 Å². The molecule has 170 valence electrons. The fourth-order valence-electron chi connectivity index (χ4n) is 4.81. The van der Waals surface area contributed by atoms with Crippen LogP contribution in [0.2, 0.25) is 10.0 Å². The van der Waals surface area contributed by atoms with Gasteiger partial charge in [-0.15, -0.1) is 10.2 Å². The van der Waals surface area contributed by atoms with E-state index in [1.54, 1.807) is 0 Å². The molecule has 0 bridgehead atoms. The van der Waals surface area contributed by atoms with E-state index < -0.39 is 0 Å². The lowest BCUT2D eigenvalue weighted by Crippen LogP contribution is -2.35. The number of amides is 1. The number of carbonyl (C=O) groups is 1. The van der Waals surface area contributed by atoms with Crippen LogP contribution in [0, 0.1) is 6.92 Å². The fraction of sp³-hybridized carbons (Fsp3) is 0.346. The van der Waals surface area contributed by atoms with Crippen molar-refractivity contribution in [2.75, 3.05) is 18.4 Å². The lowest BCUT2D eigenvalue weighted by molar-refractivity contribution is 0.0772. The molecule has 7 heteroatoms. The Morgan fingerprint density at radius 1 is 1.06 bits per heavy atom. The van der Waals surface area contributed by atoms with Gasteiger partial charge in [-0.3, -0.25) is 4.79 Å². The van der Waals surface area contributed by atoms with Crippen molar-refractivity contribution in [1.29, 1.82) is 0 Å². The van der Waals surface area contributed by atoms with Gasteiger partial charge in [0, 0.05) is 35.5 Å². The maximum atomic E-state index is 13.0. The van der Waals surface area contributed by atoms with Crippen LogP contribution in [0.5, 0.6) is 0 Å². The summed E-state index contributed by atoms with van der Waals surface area (Å²) in [6.45, 7) is 3.14. The number of hydrogen-bond donors (Lipinski definition) is 1. The zero-order chi connectivity index (χ0) is 22.9. The van der Waals surface area contributed by atoms with Crippen LogP contribution in [0.25, 0.3) is 16.3 Å². The van der Waals surface area contributed by atoms with Gasteiger partial charge in [0.25, 0.3) is 5.91 Å². The molecule has 0 saturated heterocycles. The largest absolute Gasteiger partial charge is 0.365 e. The van der Waals surface area contributed by atoms with Gasteiger partial charge in [-0.25, -0.2) is 0 Å². The molecule has 5 nitrogen and oxygen atoms in total. The van der Waals surface area contributed by atoms with E-state index in [9.17, 15) is 4.79 Å². The molecule has 1 fully saturated rings. The standard InChI is InChI=1S/C26H26Cl2N4O/c1-16-6-2-5-9-19(16)26(33)32-12-10-17(11-13-32)24-20-14-22(27)23(28)15-21(20)25(31-30-24)29-18-7-3-4-8-18/h2,5-6,9-10,14-15,18H,3-4,7-8,11-13H2,1H3,(H,29,31). The van der Waals surface area contributed by atoms with Crippen LogP contribution in [-0.2, 0) is 0 Å². The Balaban J connectivity index is 1.45. The van der Waals surface area contributed by atoms with E-state index in [0.29, 0.717) is 35.6 Å². The molecule has 33 heavy (non-hydrogen) atoms. The van der Waals surface area contributed by atoms with E-state index >= 15 is 0 Å². The molecule has 1 aromatic heterocycles. The van der Waals surface area contributed by atoms with Crippen LogP contribution in [-0.4, -0.2) is 40.1 Å². The third-order valence-corrected chi connectivity index (χ3v) is 7.41. The van der Waals surface area contributed by atoms with Crippen LogP contribution in [0.15, 0.2) is 42.5 Å². The van der Waals surface area contributed by atoms with Crippen molar-refractivity contribution in [2.24, 2.45) is 0 Å². The predicted octanol–water partition coefficient (Wildman–Crippen LogP) is 6.53. The number of rotatable bonds is 4. The summed E-state index contributed by atoms with van der Waals surface area (Å²) in [6, 6.07) is 11.9. The number of nitrogens with one attached hydrogen (secondary N) is 1. The summed E-state index contributed by atoms with van der Waals surface area (Å²) >= 11 is 12.8. The number of hydrogen-bond acceptors (Lipinski definition) is 4. The number of aromatic nitrogens is 2. The smallest absolute Gasteiger partial charge is 0.254 e. The van der Waals surface area contributed by atoms with E-state index in [4.69, 9.17) is 23.2 Å². The Hall–Kier alpha value is -2.63. The molecule has 1 aliphatic carbocycles. The van der Waals surface area contributed by atoms with Gasteiger partial charge in [0.1, 0.15) is 0 Å². The molecule has 0 unspecified atom stereocenters. The summed E-state index contributed by atoms with van der Waals surface area (Å²) in [5, 5.41) is 15.6. The average molecular weight is 481 g/mol. The van der Waals surface area contributed by atoms with Gasteiger partial charge in [0.05, 0.1) is 15.7 Å². The molecule has 2 aliphatic rings. The lowest BCUT2D eigenvalue weighted by Gasteiger charge is -2.27. The predicted molar refractivity (Wildman–Crippen MR) is 135 cm³/mol. The molecule has 0 spiro atoms. The lowest BCUT2D eigenvalue weighted by atomic mass is 9.98. The maximum absolute atomic E-state index is 13.0. The first-order valence-electron chi connectivity index (χ1n) is 11.5. The number of aryl methyl sites for hydroxylation is 1. The van der Waals surface area contributed by atoms with Crippen molar-refractivity contribution in [1.82, 2.24) is 15.1 Å². The van der Waals surface area contributed by atoms with Crippen LogP contribution in [0.4, 0.5) is 5.82 Å². The second-order valence-electron chi connectivity index (χ2n) is 8.88. The molecule has 0 atom stereocenters. The number of benzene rings is 2. The van der Waals surface area contributed by atoms with E-state index in [-0.39, 0.29) is 5.91 Å². The molecular formula is C26H26Cl2N4O. The highest BCUT2D eigenvalue weighted by Gasteiger charge is 2.24. The molecule has 1 N–H and O–H groups in total. The first-order chi connectivity index (χ1) is 16.0.